The molecule has 0 aliphatic rings. The topological polar surface area (TPSA) is 56.7 Å². The Balaban J connectivity index is 2.54. The van der Waals surface area contributed by atoms with Gasteiger partial charge in [-0.1, -0.05) is 12.1 Å². The lowest BCUT2D eigenvalue weighted by Crippen LogP contribution is -2.06. The highest BCUT2D eigenvalue weighted by atomic mass is 79.9. The van der Waals surface area contributed by atoms with E-state index in [1.165, 1.54) is 0 Å². The summed E-state index contributed by atoms with van der Waals surface area (Å²) in [6.07, 6.45) is 1.66. The van der Waals surface area contributed by atoms with Gasteiger partial charge in [0.1, 0.15) is 6.33 Å². The Kier molecular flexibility index (Phi) is 2.60. The normalized spacial score (nSPS) is 10.4. The Hall–Kier alpha value is -1.20. The highest BCUT2D eigenvalue weighted by Crippen LogP contribution is 2.20. The predicted octanol–water partition coefficient (Wildman–Crippen LogP) is 1.49. The van der Waals surface area contributed by atoms with Crippen molar-refractivity contribution in [2.75, 3.05) is 0 Å². The van der Waals surface area contributed by atoms with Crippen LogP contribution in [0.2, 0.25) is 0 Å². The fourth-order valence-electron chi connectivity index (χ4n) is 1.25. The van der Waals surface area contributed by atoms with Crippen LogP contribution < -0.4 is 5.73 Å². The van der Waals surface area contributed by atoms with Crippen LogP contribution in [0, 0.1) is 0 Å². The predicted molar refractivity (Wildman–Crippen MR) is 57.0 cm³/mol. The lowest BCUT2D eigenvalue weighted by Gasteiger charge is -2.06. The molecule has 2 rings (SSSR count). The summed E-state index contributed by atoms with van der Waals surface area (Å²) in [5.74, 6) is 0.747. The number of hydrogen-bond donors (Lipinski definition) is 1. The van der Waals surface area contributed by atoms with Gasteiger partial charge < -0.3 is 5.73 Å². The fourth-order valence-corrected chi connectivity index (χ4v) is 1.72. The molecule has 0 amide bonds. The van der Waals surface area contributed by atoms with Gasteiger partial charge in [-0.3, -0.25) is 4.57 Å². The minimum Gasteiger partial charge on any atom is -0.324 e. The first kappa shape index (κ1) is 9.36. The zero-order chi connectivity index (χ0) is 9.97. The molecule has 0 atom stereocenters. The van der Waals surface area contributed by atoms with Gasteiger partial charge in [0.2, 0.25) is 0 Å². The van der Waals surface area contributed by atoms with Gasteiger partial charge in [-0.25, -0.2) is 0 Å². The summed E-state index contributed by atoms with van der Waals surface area (Å²) in [5, 5.41) is 7.74. The maximum atomic E-state index is 5.54. The summed E-state index contributed by atoms with van der Waals surface area (Å²) < 4.78 is 2.86. The maximum absolute atomic E-state index is 5.54. The maximum Gasteiger partial charge on any atom is 0.151 e. The SMILES string of the molecule is NCc1nncn1-c1ccccc1Br. The minimum absolute atomic E-state index is 0.376. The third-order valence-corrected chi connectivity index (χ3v) is 2.58. The number of rotatable bonds is 2. The Labute approximate surface area is 89.9 Å². The van der Waals surface area contributed by atoms with Crippen LogP contribution in [0.15, 0.2) is 35.1 Å². The number of para-hydroxylation sites is 1. The summed E-state index contributed by atoms with van der Waals surface area (Å²) in [5.41, 5.74) is 6.54. The average Bonchev–Trinajstić information content (AvgIpc) is 2.66. The third kappa shape index (κ3) is 1.56. The lowest BCUT2D eigenvalue weighted by molar-refractivity contribution is 0.858. The van der Waals surface area contributed by atoms with Crippen molar-refractivity contribution >= 4 is 15.9 Å². The fraction of sp³-hybridized carbons (Fsp3) is 0.111. The third-order valence-electron chi connectivity index (χ3n) is 1.91. The van der Waals surface area contributed by atoms with E-state index >= 15 is 0 Å². The minimum atomic E-state index is 0.376. The van der Waals surface area contributed by atoms with Crippen molar-refractivity contribution in [3.8, 4) is 5.69 Å². The van der Waals surface area contributed by atoms with Gasteiger partial charge in [0.25, 0.3) is 0 Å². The second-order valence-corrected chi connectivity index (χ2v) is 3.63. The first-order valence-corrected chi connectivity index (χ1v) is 4.96. The smallest absolute Gasteiger partial charge is 0.151 e. The highest BCUT2D eigenvalue weighted by Gasteiger charge is 2.06. The molecular weight excluding hydrogens is 244 g/mol. The quantitative estimate of drug-likeness (QED) is 0.882. The molecule has 0 aliphatic carbocycles. The number of hydrogen-bond acceptors (Lipinski definition) is 3. The van der Waals surface area contributed by atoms with E-state index in [9.17, 15) is 0 Å². The van der Waals surface area contributed by atoms with Gasteiger partial charge in [-0.05, 0) is 28.1 Å². The van der Waals surface area contributed by atoms with Gasteiger partial charge in [0.15, 0.2) is 5.82 Å². The summed E-state index contributed by atoms with van der Waals surface area (Å²) in [4.78, 5) is 0. The van der Waals surface area contributed by atoms with Gasteiger partial charge in [-0.2, -0.15) is 0 Å². The van der Waals surface area contributed by atoms with E-state index in [0.29, 0.717) is 6.54 Å². The zero-order valence-electron chi connectivity index (χ0n) is 7.39. The van der Waals surface area contributed by atoms with E-state index in [2.05, 4.69) is 26.1 Å². The van der Waals surface area contributed by atoms with Crippen molar-refractivity contribution in [3.05, 3.63) is 40.9 Å². The lowest BCUT2D eigenvalue weighted by atomic mass is 10.3. The van der Waals surface area contributed by atoms with E-state index in [-0.39, 0.29) is 0 Å². The molecule has 0 saturated heterocycles. The molecule has 1 heterocycles. The van der Waals surface area contributed by atoms with Crippen LogP contribution in [0.5, 0.6) is 0 Å². The number of nitrogens with zero attached hydrogens (tertiary/aromatic N) is 3. The standard InChI is InChI=1S/C9H9BrN4/c10-7-3-1-2-4-8(7)14-6-12-13-9(14)5-11/h1-4,6H,5,11H2. The number of halogens is 1. The van der Waals surface area contributed by atoms with Crippen LogP contribution in [0.1, 0.15) is 5.82 Å². The molecule has 2 N–H and O–H groups in total. The molecule has 0 bridgehead atoms. The van der Waals surface area contributed by atoms with E-state index in [1.807, 2.05) is 28.8 Å². The number of benzene rings is 1. The van der Waals surface area contributed by atoms with Crippen LogP contribution in [-0.4, -0.2) is 14.8 Å². The van der Waals surface area contributed by atoms with Crippen molar-refractivity contribution in [2.45, 2.75) is 6.54 Å². The monoisotopic (exact) mass is 252 g/mol. The molecule has 0 unspecified atom stereocenters. The Bertz CT molecular complexity index is 438. The molecule has 4 nitrogen and oxygen atoms in total. The van der Waals surface area contributed by atoms with E-state index < -0.39 is 0 Å². The van der Waals surface area contributed by atoms with Crippen molar-refractivity contribution in [3.63, 3.8) is 0 Å². The van der Waals surface area contributed by atoms with E-state index in [4.69, 9.17) is 5.73 Å². The van der Waals surface area contributed by atoms with Gasteiger partial charge in [0, 0.05) is 4.47 Å². The molecule has 72 valence electrons. The number of aromatic nitrogens is 3. The van der Waals surface area contributed by atoms with Gasteiger partial charge in [-0.15, -0.1) is 10.2 Å². The second-order valence-electron chi connectivity index (χ2n) is 2.77. The highest BCUT2D eigenvalue weighted by molar-refractivity contribution is 9.10. The van der Waals surface area contributed by atoms with Gasteiger partial charge >= 0.3 is 0 Å². The second kappa shape index (κ2) is 3.89. The summed E-state index contributed by atoms with van der Waals surface area (Å²) in [6.45, 7) is 0.376. The Morgan fingerprint density at radius 3 is 2.86 bits per heavy atom. The molecule has 0 radical (unpaired) electrons. The first-order chi connectivity index (χ1) is 6.83. The molecule has 0 fully saturated rings. The van der Waals surface area contributed by atoms with E-state index in [0.717, 1.165) is 16.0 Å². The summed E-state index contributed by atoms with van der Waals surface area (Å²) >= 11 is 3.46. The van der Waals surface area contributed by atoms with Crippen LogP contribution >= 0.6 is 15.9 Å². The summed E-state index contributed by atoms with van der Waals surface area (Å²) in [7, 11) is 0. The number of nitrogens with two attached hydrogens (primary N) is 1. The van der Waals surface area contributed by atoms with Crippen molar-refractivity contribution in [2.24, 2.45) is 5.73 Å². The molecule has 14 heavy (non-hydrogen) atoms. The van der Waals surface area contributed by atoms with Crippen LogP contribution in [-0.2, 0) is 6.54 Å². The first-order valence-electron chi connectivity index (χ1n) is 4.17. The van der Waals surface area contributed by atoms with Crippen molar-refractivity contribution in [1.82, 2.24) is 14.8 Å². The molecule has 0 saturated carbocycles. The zero-order valence-corrected chi connectivity index (χ0v) is 8.98. The van der Waals surface area contributed by atoms with Crippen molar-refractivity contribution in [1.29, 1.82) is 0 Å². The van der Waals surface area contributed by atoms with Gasteiger partial charge in [0.05, 0.1) is 12.2 Å². The Morgan fingerprint density at radius 1 is 1.36 bits per heavy atom. The molecule has 1 aromatic heterocycles. The molecule has 0 aliphatic heterocycles. The summed E-state index contributed by atoms with van der Waals surface area (Å²) in [6, 6.07) is 7.86. The molecule has 1 aromatic carbocycles. The Morgan fingerprint density at radius 2 is 2.14 bits per heavy atom. The average molecular weight is 253 g/mol. The van der Waals surface area contributed by atoms with Crippen LogP contribution in [0.4, 0.5) is 0 Å². The van der Waals surface area contributed by atoms with Crippen molar-refractivity contribution < 1.29 is 0 Å². The molecule has 5 heteroatoms. The molecule has 0 spiro atoms. The molecule has 2 aromatic rings. The van der Waals surface area contributed by atoms with E-state index in [1.54, 1.807) is 6.33 Å². The van der Waals surface area contributed by atoms with Crippen LogP contribution in [0.25, 0.3) is 5.69 Å². The largest absolute Gasteiger partial charge is 0.324 e. The van der Waals surface area contributed by atoms with Crippen LogP contribution in [0.3, 0.4) is 0 Å². The molecular formula is C9H9BrN4.